The van der Waals surface area contributed by atoms with E-state index < -0.39 is 5.60 Å². The number of nitrogens with two attached hydrogens (primary N) is 1. The van der Waals surface area contributed by atoms with Crippen LogP contribution in [0, 0.1) is 0 Å². The number of amides is 1. The van der Waals surface area contributed by atoms with Crippen molar-refractivity contribution in [3.05, 3.63) is 34.9 Å². The number of hydrogen-bond donors (Lipinski definition) is 2. The summed E-state index contributed by atoms with van der Waals surface area (Å²) in [6, 6.07) is 6.04. The van der Waals surface area contributed by atoms with Gasteiger partial charge in [-0.15, -0.1) is 0 Å². The number of carbonyl (C=O) groups is 1. The zero-order chi connectivity index (χ0) is 15.5. The number of fused-ring (bicyclic) bond motifs is 1. The van der Waals surface area contributed by atoms with Gasteiger partial charge in [-0.3, -0.25) is 4.79 Å². The second-order valence-electron chi connectivity index (χ2n) is 7.40. The Morgan fingerprint density at radius 1 is 1.30 bits per heavy atom. The molecule has 3 aliphatic rings. The second-order valence-corrected chi connectivity index (χ2v) is 7.40. The first-order chi connectivity index (χ1) is 10.5. The Morgan fingerprint density at radius 2 is 2.04 bits per heavy atom. The minimum atomic E-state index is -0.665. The van der Waals surface area contributed by atoms with Gasteiger partial charge in [0.1, 0.15) is 0 Å². The van der Waals surface area contributed by atoms with Crippen LogP contribution < -0.4 is 5.73 Å². The average Bonchev–Trinajstić information content (AvgIpc) is 2.50. The zero-order valence-electron chi connectivity index (χ0n) is 13.1. The summed E-state index contributed by atoms with van der Waals surface area (Å²) in [6.07, 6.45) is 5.95. The third kappa shape index (κ3) is 2.01. The highest BCUT2D eigenvalue weighted by Crippen LogP contribution is 2.57. The molecule has 1 aliphatic heterocycles. The Labute approximate surface area is 138 Å². The quantitative estimate of drug-likeness (QED) is 0.835. The van der Waals surface area contributed by atoms with Crippen molar-refractivity contribution in [2.75, 3.05) is 13.6 Å². The Bertz CT molecular complexity index is 644. The topological polar surface area (TPSA) is 66.6 Å². The lowest BCUT2D eigenvalue weighted by Gasteiger charge is -2.63. The van der Waals surface area contributed by atoms with Gasteiger partial charge < -0.3 is 15.7 Å². The molecule has 2 fully saturated rings. The molecule has 0 spiro atoms. The second kappa shape index (κ2) is 5.32. The Balaban J connectivity index is 0.00000156. The number of aliphatic hydroxyl groups is 1. The minimum Gasteiger partial charge on any atom is -0.387 e. The van der Waals surface area contributed by atoms with E-state index in [9.17, 15) is 9.90 Å². The molecule has 3 atom stereocenters. The molecule has 0 unspecified atom stereocenters. The number of hydrogen-bond acceptors (Lipinski definition) is 3. The van der Waals surface area contributed by atoms with Gasteiger partial charge in [-0.2, -0.15) is 0 Å². The summed E-state index contributed by atoms with van der Waals surface area (Å²) >= 11 is 0. The molecule has 0 radical (unpaired) electrons. The van der Waals surface area contributed by atoms with E-state index in [-0.39, 0.29) is 24.8 Å². The molecule has 0 aromatic heterocycles. The van der Waals surface area contributed by atoms with Crippen molar-refractivity contribution >= 4 is 5.91 Å². The SMILES string of the molecule is C.CN1CC[C@]23CCCC[C@@]2(O)[C@H]1Cc1ccc(C(N)=O)cc13. The molecule has 2 bridgehead atoms. The van der Waals surface area contributed by atoms with E-state index in [2.05, 4.69) is 18.0 Å². The van der Waals surface area contributed by atoms with Gasteiger partial charge in [0, 0.05) is 17.0 Å². The molecule has 1 aromatic rings. The number of rotatable bonds is 1. The van der Waals surface area contributed by atoms with Gasteiger partial charge >= 0.3 is 0 Å². The molecular formula is C19H28N2O2. The number of likely N-dealkylation sites (tertiary alicyclic amines) is 1. The van der Waals surface area contributed by atoms with Crippen molar-refractivity contribution in [2.24, 2.45) is 5.73 Å². The molecule has 1 amide bonds. The molecule has 1 aromatic carbocycles. The number of piperidine rings is 1. The van der Waals surface area contributed by atoms with E-state index >= 15 is 0 Å². The normalized spacial score (nSPS) is 35.7. The van der Waals surface area contributed by atoms with Crippen LogP contribution in [-0.2, 0) is 11.8 Å². The fourth-order valence-electron chi connectivity index (χ4n) is 5.38. The standard InChI is InChI=1S/C18H24N2O2.CH4/c1-20-9-8-17-6-2-3-7-18(17,22)15(20)11-12-4-5-13(16(19)21)10-14(12)17;/h4-5,10,15,22H,2-3,6-9,11H2,1H3,(H2,19,21);1H4/t15-,17+,18-;/m1./s1. The van der Waals surface area contributed by atoms with E-state index in [1.807, 2.05) is 12.1 Å². The molecule has 1 saturated carbocycles. The molecule has 1 saturated heterocycles. The fourth-order valence-corrected chi connectivity index (χ4v) is 5.38. The molecule has 126 valence electrons. The first kappa shape index (κ1) is 16.5. The van der Waals surface area contributed by atoms with Gasteiger partial charge in [-0.1, -0.05) is 26.3 Å². The summed E-state index contributed by atoms with van der Waals surface area (Å²) in [7, 11) is 2.13. The van der Waals surface area contributed by atoms with Gasteiger partial charge in [-0.05, 0) is 62.5 Å². The van der Waals surface area contributed by atoms with Crippen LogP contribution in [0.2, 0.25) is 0 Å². The Kier molecular flexibility index (Phi) is 3.81. The van der Waals surface area contributed by atoms with Crippen molar-refractivity contribution in [3.8, 4) is 0 Å². The summed E-state index contributed by atoms with van der Waals surface area (Å²) in [5.41, 5.74) is 7.67. The molecule has 4 heteroatoms. The lowest BCUT2D eigenvalue weighted by molar-refractivity contribution is -0.160. The molecule has 2 aliphatic carbocycles. The minimum absolute atomic E-state index is 0. The summed E-state index contributed by atoms with van der Waals surface area (Å²) in [5.74, 6) is -0.381. The number of benzene rings is 1. The van der Waals surface area contributed by atoms with Gasteiger partial charge in [0.25, 0.3) is 0 Å². The van der Waals surface area contributed by atoms with Crippen molar-refractivity contribution in [1.82, 2.24) is 4.90 Å². The molecule has 3 N–H and O–H groups in total. The predicted octanol–water partition coefficient (Wildman–Crippen LogP) is 2.22. The number of carbonyl (C=O) groups excluding carboxylic acids is 1. The van der Waals surface area contributed by atoms with E-state index in [4.69, 9.17) is 5.73 Å². The maximum atomic E-state index is 11.7. The predicted molar refractivity (Wildman–Crippen MR) is 91.5 cm³/mol. The first-order valence-corrected chi connectivity index (χ1v) is 8.34. The third-order valence-corrected chi connectivity index (χ3v) is 6.54. The number of primary amides is 1. The van der Waals surface area contributed by atoms with Crippen LogP contribution in [-0.4, -0.2) is 41.1 Å². The highest BCUT2D eigenvalue weighted by atomic mass is 16.3. The third-order valence-electron chi connectivity index (χ3n) is 6.54. The summed E-state index contributed by atoms with van der Waals surface area (Å²) in [4.78, 5) is 13.9. The molecule has 4 rings (SSSR count). The largest absolute Gasteiger partial charge is 0.387 e. The van der Waals surface area contributed by atoms with Crippen LogP contribution in [0.1, 0.15) is 61.0 Å². The van der Waals surface area contributed by atoms with E-state index in [0.717, 1.165) is 45.1 Å². The highest BCUT2D eigenvalue weighted by Gasteiger charge is 2.62. The lowest BCUT2D eigenvalue weighted by Crippen LogP contribution is -2.71. The summed E-state index contributed by atoms with van der Waals surface area (Å²) < 4.78 is 0. The van der Waals surface area contributed by atoms with Crippen molar-refractivity contribution in [1.29, 1.82) is 0 Å². The first-order valence-electron chi connectivity index (χ1n) is 8.34. The smallest absolute Gasteiger partial charge is 0.248 e. The summed E-state index contributed by atoms with van der Waals surface area (Å²) in [5, 5.41) is 11.7. The molecule has 4 nitrogen and oxygen atoms in total. The zero-order valence-corrected chi connectivity index (χ0v) is 13.1. The van der Waals surface area contributed by atoms with Gasteiger partial charge in [0.2, 0.25) is 5.91 Å². The summed E-state index contributed by atoms with van der Waals surface area (Å²) in [6.45, 7) is 1.01. The van der Waals surface area contributed by atoms with Crippen molar-refractivity contribution in [3.63, 3.8) is 0 Å². The maximum absolute atomic E-state index is 11.7. The van der Waals surface area contributed by atoms with Crippen LogP contribution in [0.5, 0.6) is 0 Å². The monoisotopic (exact) mass is 316 g/mol. The molecule has 23 heavy (non-hydrogen) atoms. The van der Waals surface area contributed by atoms with Crippen LogP contribution in [0.25, 0.3) is 0 Å². The molecular weight excluding hydrogens is 288 g/mol. The van der Waals surface area contributed by atoms with Crippen LogP contribution in [0.15, 0.2) is 18.2 Å². The van der Waals surface area contributed by atoms with Crippen LogP contribution >= 0.6 is 0 Å². The van der Waals surface area contributed by atoms with Crippen molar-refractivity contribution < 1.29 is 9.90 Å². The van der Waals surface area contributed by atoms with Gasteiger partial charge in [-0.25, -0.2) is 0 Å². The van der Waals surface area contributed by atoms with Crippen LogP contribution in [0.3, 0.4) is 0 Å². The Hall–Kier alpha value is -1.39. The van der Waals surface area contributed by atoms with E-state index in [1.165, 1.54) is 11.1 Å². The van der Waals surface area contributed by atoms with Gasteiger partial charge in [0.05, 0.1) is 5.60 Å². The van der Waals surface area contributed by atoms with E-state index in [1.54, 1.807) is 0 Å². The number of likely N-dealkylation sites (N-methyl/N-ethyl adjacent to an activating group) is 1. The molecule has 1 heterocycles. The van der Waals surface area contributed by atoms with Crippen LogP contribution in [0.4, 0.5) is 0 Å². The maximum Gasteiger partial charge on any atom is 0.248 e. The Morgan fingerprint density at radius 3 is 2.78 bits per heavy atom. The van der Waals surface area contributed by atoms with Crippen molar-refractivity contribution in [2.45, 2.75) is 63.0 Å². The lowest BCUT2D eigenvalue weighted by atomic mass is 9.49. The van der Waals surface area contributed by atoms with E-state index in [0.29, 0.717) is 5.56 Å². The number of nitrogens with zero attached hydrogens (tertiary/aromatic N) is 1. The van der Waals surface area contributed by atoms with Gasteiger partial charge in [0.15, 0.2) is 0 Å². The average molecular weight is 316 g/mol. The fraction of sp³-hybridized carbons (Fsp3) is 0.632. The highest BCUT2D eigenvalue weighted by molar-refractivity contribution is 5.93.